The van der Waals surface area contributed by atoms with Crippen molar-refractivity contribution in [3.63, 3.8) is 0 Å². The van der Waals surface area contributed by atoms with E-state index >= 15 is 0 Å². The van der Waals surface area contributed by atoms with Gasteiger partial charge in [0.1, 0.15) is 0 Å². The standard InChI is InChI=1S/C24H36N6.CHF3O3S.CF2O3S.FH.Mn/c1-27(2)21-9-11-25-19(15-21)17-29-13-5-7-23(29)24-8-6-14-30(24)18-20-16-22(28(3)4)10-12-26-20;2-1(3,4)8(5,6)7;2-1(3)7(4,5)6;;/h9-12,15-16,23-24H,5-8,13-14,17-18H2,1-4H3;(H,5,6,7);;1H;/q;;;;+2/p-2/t23-,24-;;;;/m1..../s1. The molecule has 2 aliphatic rings. The van der Waals surface area contributed by atoms with E-state index < -0.39 is 31.5 Å². The van der Waals surface area contributed by atoms with E-state index in [9.17, 15) is 22.0 Å². The summed E-state index contributed by atoms with van der Waals surface area (Å²) in [6, 6.07) is 9.87. The molecule has 0 amide bonds. The van der Waals surface area contributed by atoms with Crippen molar-refractivity contribution in [3.05, 3.63) is 53.8 Å². The van der Waals surface area contributed by atoms with Crippen LogP contribution in [0.5, 0.6) is 0 Å². The van der Waals surface area contributed by atoms with Crippen LogP contribution in [-0.4, -0.2) is 105 Å². The summed E-state index contributed by atoms with van der Waals surface area (Å²) in [6.07, 6.45) is 9.05. The van der Waals surface area contributed by atoms with E-state index in [0.29, 0.717) is 12.1 Å². The van der Waals surface area contributed by atoms with Gasteiger partial charge in [0, 0.05) is 77.1 Å². The normalized spacial score (nSPS) is 18.4. The Morgan fingerprint density at radius 1 is 0.830 bits per heavy atom. The Morgan fingerprint density at radius 3 is 1.40 bits per heavy atom. The molecule has 1 radical (unpaired) electrons. The van der Waals surface area contributed by atoms with Crippen molar-refractivity contribution < 1.29 is 69.7 Å². The first-order valence-corrected chi connectivity index (χ1v) is 16.4. The Balaban J connectivity index is 0.00000104. The Kier molecular flexibility index (Phi) is 18.0. The zero-order valence-electron chi connectivity index (χ0n) is 25.9. The average Bonchev–Trinajstić information content (AvgIpc) is 3.57. The van der Waals surface area contributed by atoms with Crippen LogP contribution in [-0.2, 0) is 50.4 Å². The van der Waals surface area contributed by atoms with Crippen molar-refractivity contribution in [1.29, 1.82) is 0 Å². The van der Waals surface area contributed by atoms with Crippen LogP contribution in [0.15, 0.2) is 36.7 Å². The van der Waals surface area contributed by atoms with Crippen LogP contribution in [0.2, 0.25) is 0 Å². The third-order valence-electron chi connectivity index (χ3n) is 7.11. The van der Waals surface area contributed by atoms with Crippen LogP contribution < -0.4 is 14.5 Å². The molecule has 4 rings (SSSR count). The van der Waals surface area contributed by atoms with Crippen LogP contribution >= 0.6 is 0 Å². The molecule has 2 atom stereocenters. The topological polar surface area (TPSA) is 153 Å². The van der Waals surface area contributed by atoms with Gasteiger partial charge in [-0.3, -0.25) is 19.8 Å². The van der Waals surface area contributed by atoms with Crippen molar-refractivity contribution >= 4 is 31.6 Å². The van der Waals surface area contributed by atoms with Crippen molar-refractivity contribution in [3.8, 4) is 0 Å². The molecule has 0 N–H and O–H groups in total. The zero-order valence-corrected chi connectivity index (χ0v) is 28.7. The maximum absolute atomic E-state index is 10.7. The number of anilines is 2. The quantitative estimate of drug-likeness (QED) is 0.119. The summed E-state index contributed by atoms with van der Waals surface area (Å²) in [5.41, 5.74) is -0.835. The van der Waals surface area contributed by atoms with E-state index in [1.54, 1.807) is 0 Å². The fraction of sp³-hybridized carbons (Fsp3) is 0.577. The minimum absolute atomic E-state index is 0. The van der Waals surface area contributed by atoms with E-state index in [-0.39, 0.29) is 21.8 Å². The van der Waals surface area contributed by atoms with Crippen molar-refractivity contribution in [2.45, 2.75) is 56.4 Å². The summed E-state index contributed by atoms with van der Waals surface area (Å²) in [4.78, 5) is 19.0. The molecule has 47 heavy (non-hydrogen) atoms. The summed E-state index contributed by atoms with van der Waals surface area (Å²) < 4.78 is 107. The predicted molar refractivity (Wildman–Crippen MR) is 155 cm³/mol. The summed E-state index contributed by atoms with van der Waals surface area (Å²) in [5.74, 6) is -3.09. The molecular formula is C26H36F6MnN6O6S2. The summed E-state index contributed by atoms with van der Waals surface area (Å²) in [7, 11) is -3.13. The Bertz CT molecular complexity index is 1390. The minimum atomic E-state index is -6.09. The molecule has 267 valence electrons. The van der Waals surface area contributed by atoms with Gasteiger partial charge in [-0.15, -0.1) is 0 Å². The van der Waals surface area contributed by atoms with Gasteiger partial charge in [0.25, 0.3) is 0 Å². The first kappa shape index (κ1) is 44.6. The van der Waals surface area contributed by atoms with Gasteiger partial charge in [-0.05, 0) is 63.0 Å². The first-order valence-electron chi connectivity index (χ1n) is 13.6. The molecule has 0 bridgehead atoms. The van der Waals surface area contributed by atoms with Crippen molar-refractivity contribution in [2.75, 3.05) is 51.1 Å². The van der Waals surface area contributed by atoms with Gasteiger partial charge in [0.15, 0.2) is 10.1 Å². The largest absolute Gasteiger partial charge is 2.00 e. The van der Waals surface area contributed by atoms with Crippen molar-refractivity contribution in [1.82, 2.24) is 19.8 Å². The number of likely N-dealkylation sites (tertiary alicyclic amines) is 2. The third-order valence-corrected chi connectivity index (χ3v) is 8.05. The predicted octanol–water partition coefficient (Wildman–Crippen LogP) is 0.208. The van der Waals surface area contributed by atoms with Crippen LogP contribution in [0.4, 0.5) is 33.3 Å². The number of aromatic nitrogens is 2. The van der Waals surface area contributed by atoms with Gasteiger partial charge >= 0.3 is 38.5 Å². The number of halogens is 6. The van der Waals surface area contributed by atoms with Gasteiger partial charge in [-0.2, -0.15) is 21.6 Å². The number of hydrogen-bond acceptors (Lipinski definition) is 12. The second kappa shape index (κ2) is 19.0. The van der Waals surface area contributed by atoms with E-state index in [4.69, 9.17) is 25.9 Å². The third kappa shape index (κ3) is 14.3. The van der Waals surface area contributed by atoms with E-state index in [1.807, 2.05) is 12.4 Å². The zero-order chi connectivity index (χ0) is 34.2. The fourth-order valence-electron chi connectivity index (χ4n) is 5.04. The molecule has 0 saturated carbocycles. The van der Waals surface area contributed by atoms with Gasteiger partial charge in [-0.25, -0.2) is 8.42 Å². The fourth-order valence-corrected chi connectivity index (χ4v) is 5.04. The Hall–Kier alpha value is -2.39. The molecule has 2 aliphatic heterocycles. The maximum Gasteiger partial charge on any atom is 2.00 e. The SMILES string of the molecule is CN(C)c1ccnc(CN2CCC[C@@H]2[C@H]2CCCN2Cc2cc(N(C)C)ccn2)c1.O=S(=O)([O-])C(F)(F)F.O=S(=O)([O-])[C+](F)F.[F-].[Mn+2]. The molecule has 0 aromatic carbocycles. The summed E-state index contributed by atoms with van der Waals surface area (Å²) in [5, 5.41) is 0. The molecule has 0 unspecified atom stereocenters. The first-order chi connectivity index (χ1) is 20.7. The number of alkyl halides is 3. The number of rotatable bonds is 8. The van der Waals surface area contributed by atoms with Gasteiger partial charge < -0.3 is 23.6 Å². The molecule has 2 aromatic heterocycles. The Labute approximate surface area is 281 Å². The smallest absolute Gasteiger partial charge is 1.00 e. The molecule has 2 fully saturated rings. The number of pyridine rings is 2. The minimum Gasteiger partial charge on any atom is -1.00 e. The van der Waals surface area contributed by atoms with E-state index in [1.165, 1.54) is 61.5 Å². The van der Waals surface area contributed by atoms with Crippen LogP contribution in [0, 0.1) is 5.76 Å². The number of hydrogen-bond donors (Lipinski definition) is 0. The molecule has 21 heteroatoms. The Morgan fingerprint density at radius 2 is 1.15 bits per heavy atom. The average molecular weight is 762 g/mol. The monoisotopic (exact) mass is 761 g/mol. The molecule has 2 saturated heterocycles. The van der Waals surface area contributed by atoms with Gasteiger partial charge in [-0.1, -0.05) is 0 Å². The molecule has 2 aromatic rings. The van der Waals surface area contributed by atoms with Crippen LogP contribution in [0.1, 0.15) is 37.1 Å². The molecule has 4 heterocycles. The van der Waals surface area contributed by atoms with Crippen LogP contribution in [0.3, 0.4) is 0 Å². The summed E-state index contributed by atoms with van der Waals surface area (Å²) >= 11 is 0. The molecule has 0 spiro atoms. The molecule has 0 aliphatic carbocycles. The second-order valence-corrected chi connectivity index (χ2v) is 13.3. The number of nitrogens with zero attached hydrogens (tertiary/aromatic N) is 6. The second-order valence-electron chi connectivity index (χ2n) is 10.7. The van der Waals surface area contributed by atoms with E-state index in [2.05, 4.69) is 82.0 Å². The van der Waals surface area contributed by atoms with E-state index in [0.717, 1.165) is 13.1 Å². The summed E-state index contributed by atoms with van der Waals surface area (Å²) in [6.45, 7) is 4.25. The van der Waals surface area contributed by atoms with Crippen molar-refractivity contribution in [2.24, 2.45) is 0 Å². The van der Waals surface area contributed by atoms with Gasteiger partial charge in [0.05, 0.1) is 20.2 Å². The molecule has 12 nitrogen and oxygen atoms in total. The maximum atomic E-state index is 10.7. The van der Waals surface area contributed by atoms with Crippen LogP contribution in [0.25, 0.3) is 0 Å². The van der Waals surface area contributed by atoms with Gasteiger partial charge in [0.2, 0.25) is 0 Å². The molecular weight excluding hydrogens is 725 g/mol.